The number of rotatable bonds is 56. The van der Waals surface area contributed by atoms with Crippen LogP contribution < -0.4 is 58.9 Å². The molecule has 510 valence electrons. The van der Waals surface area contributed by atoms with Crippen LogP contribution in [0.4, 0.5) is 0 Å². The van der Waals surface area contributed by atoms with Gasteiger partial charge in [0.25, 0.3) is 0 Å². The largest absolute Gasteiger partial charge is 0.375 e. The van der Waals surface area contributed by atoms with Gasteiger partial charge in [0.2, 0.25) is 41.4 Å². The summed E-state index contributed by atoms with van der Waals surface area (Å²) in [4.78, 5) is 95.8. The second-order valence-electron chi connectivity index (χ2n) is 26.8. The van der Waals surface area contributed by atoms with Crippen molar-refractivity contribution in [2.75, 3.05) is 86.7 Å². The van der Waals surface area contributed by atoms with E-state index in [1.165, 1.54) is 0 Å². The topological polar surface area (TPSA) is 284 Å². The number of amides is 7. The summed E-state index contributed by atoms with van der Waals surface area (Å²) in [5.41, 5.74) is 4.87. The van der Waals surface area contributed by atoms with Crippen molar-refractivity contribution in [2.24, 2.45) is 40.7 Å². The molecule has 0 heterocycles. The number of hydrogen-bond acceptors (Lipinski definition) is 13. The average molecular weight is 1240 g/mol. The summed E-state index contributed by atoms with van der Waals surface area (Å²) in [6, 6.07) is -2.70. The lowest BCUT2D eigenvalue weighted by Crippen LogP contribution is -2.55. The Morgan fingerprint density at radius 3 is 1.21 bits per heavy atom. The van der Waals surface area contributed by atoms with Crippen molar-refractivity contribution in [3.8, 4) is 0 Å². The molecule has 0 saturated heterocycles. The van der Waals surface area contributed by atoms with Crippen molar-refractivity contribution < 1.29 is 43.0 Å². The minimum atomic E-state index is -0.968. The van der Waals surface area contributed by atoms with Gasteiger partial charge in [0.15, 0.2) is 0 Å². The van der Waals surface area contributed by atoms with Gasteiger partial charge in [-0.1, -0.05) is 81.1 Å². The minimum Gasteiger partial charge on any atom is -0.375 e. The first kappa shape index (κ1) is 83.1. The fourth-order valence-electron chi connectivity index (χ4n) is 10.0. The van der Waals surface area contributed by atoms with Gasteiger partial charge in [0.1, 0.15) is 18.1 Å². The van der Waals surface area contributed by atoms with E-state index in [-0.39, 0.29) is 95.6 Å². The van der Waals surface area contributed by atoms with E-state index < -0.39 is 29.6 Å². The van der Waals surface area contributed by atoms with Gasteiger partial charge in [-0.3, -0.25) is 33.6 Å². The van der Waals surface area contributed by atoms with E-state index in [1.54, 1.807) is 0 Å². The summed E-state index contributed by atoms with van der Waals surface area (Å²) in [5.74, 6) is -2.51. The molecule has 20 heteroatoms. The van der Waals surface area contributed by atoms with Gasteiger partial charge in [-0.25, -0.2) is 0 Å². The van der Waals surface area contributed by atoms with Crippen molar-refractivity contribution in [2.45, 2.75) is 267 Å². The molecule has 0 aliphatic heterocycles. The van der Waals surface area contributed by atoms with E-state index in [4.69, 9.17) is 15.2 Å². The summed E-state index contributed by atoms with van der Waals surface area (Å²) in [7, 11) is 5.73. The first-order chi connectivity index (χ1) is 41.2. The third kappa shape index (κ3) is 41.1. The number of ether oxygens (including phenoxy) is 2. The Bertz CT molecular complexity index is 1870. The van der Waals surface area contributed by atoms with Crippen LogP contribution in [0.1, 0.15) is 237 Å². The maximum atomic E-state index is 14.6. The lowest BCUT2D eigenvalue weighted by Gasteiger charge is -2.34. The molecule has 7 unspecified atom stereocenters. The highest BCUT2D eigenvalue weighted by Crippen LogP contribution is 2.29. The molecule has 0 aromatic rings. The first-order valence-electron chi connectivity index (χ1n) is 34.2. The monoisotopic (exact) mass is 1240 g/mol. The van der Waals surface area contributed by atoms with E-state index >= 15 is 0 Å². The quantitative estimate of drug-likeness (QED) is 0.0261. The molecule has 0 spiro atoms. The van der Waals surface area contributed by atoms with Crippen molar-refractivity contribution in [3.63, 3.8) is 0 Å². The Morgan fingerprint density at radius 2 is 0.759 bits per heavy atom. The van der Waals surface area contributed by atoms with Crippen LogP contribution in [0, 0.1) is 35.0 Å². The Labute approximate surface area is 529 Å². The van der Waals surface area contributed by atoms with Crippen LogP contribution >= 0.6 is 0 Å². The highest BCUT2D eigenvalue weighted by Gasteiger charge is 2.32. The number of carbonyl (C=O) groups excluding carboxylic acids is 7. The predicted molar refractivity (Wildman–Crippen MR) is 355 cm³/mol. The van der Waals surface area contributed by atoms with Gasteiger partial charge in [0, 0.05) is 49.9 Å². The van der Waals surface area contributed by atoms with E-state index in [0.29, 0.717) is 103 Å². The number of hydrogen-bond donors (Lipinski definition) is 11. The van der Waals surface area contributed by atoms with Crippen molar-refractivity contribution in [1.29, 1.82) is 0 Å². The van der Waals surface area contributed by atoms with E-state index in [1.807, 2.05) is 69.6 Å². The molecule has 0 saturated carbocycles. The summed E-state index contributed by atoms with van der Waals surface area (Å²) in [5, 5.41) is 30.7. The number of nitrogens with one attached hydrogen (secondary N) is 10. The SMILES string of the molecule is CCC(C)(CC)COC(C)(C)CCOC(C)(C)CCNC(=O)C(CCCCNC(=O)C(CCCCNC(=O)C(C)CCCCNC)NC(=O)C(C)CCCCN)NC(=O)C(C[C@@H](C)CCNC(=O)C(C)CCCCNC)NC(=O)C(C)CCCCNC. The van der Waals surface area contributed by atoms with Crippen LogP contribution in [-0.2, 0) is 43.0 Å². The predicted octanol–water partition coefficient (Wildman–Crippen LogP) is 7.70. The molecule has 0 rings (SSSR count). The summed E-state index contributed by atoms with van der Waals surface area (Å²) < 4.78 is 12.8. The molecule has 7 amide bonds. The maximum absolute atomic E-state index is 14.6. The fraction of sp³-hybridized carbons (Fsp3) is 0.896. The number of carbonyl (C=O) groups is 7. The Balaban J connectivity index is 6.42. The van der Waals surface area contributed by atoms with E-state index in [0.717, 1.165) is 96.7 Å². The average Bonchev–Trinajstić information content (AvgIpc) is 3.69. The minimum absolute atomic E-state index is 0.00272. The molecule has 0 aromatic heterocycles. The standard InChI is InChI=1S/C67H133N11O9/c1-16-67(12,17-2)49-87-66(10,11)38-47-86-65(8,9)37-46-75-63(84)56(77-64(85)57(78-61(82)54(7)33-21-27-42-71-15)48-50(3)36-45-74-59(80)52(5)32-20-26-41-70-14)35-23-29-44-73-62(83)55(76-60(81)53(6)30-18-24-39-68)34-22-28-43-72-58(79)51(4)31-19-25-40-69-13/h50-57,69-71H,16-49,68H2,1-15H3,(H,72,79)(H,73,83)(H,74,80)(H,75,84)(H,76,81)(H,77,85)(H,78,82)/t50-,51?,52?,53?,54?,55?,56?,57?/m0/s1. The van der Waals surface area contributed by atoms with Crippen molar-refractivity contribution >= 4 is 41.4 Å². The molecule has 0 radical (unpaired) electrons. The third-order valence-corrected chi connectivity index (χ3v) is 17.5. The van der Waals surface area contributed by atoms with Crippen LogP contribution in [0.15, 0.2) is 0 Å². The third-order valence-electron chi connectivity index (χ3n) is 17.5. The van der Waals surface area contributed by atoms with Gasteiger partial charge >= 0.3 is 0 Å². The lowest BCUT2D eigenvalue weighted by atomic mass is 9.85. The van der Waals surface area contributed by atoms with Crippen LogP contribution in [0.25, 0.3) is 0 Å². The molecule has 0 aromatic carbocycles. The molecule has 0 bridgehead atoms. The Kier molecular flexibility index (Phi) is 46.6. The second kappa shape index (κ2) is 48.8. The zero-order chi connectivity index (χ0) is 65.7. The van der Waals surface area contributed by atoms with E-state index in [2.05, 4.69) is 87.8 Å². The molecule has 8 atom stereocenters. The van der Waals surface area contributed by atoms with Crippen molar-refractivity contribution in [1.82, 2.24) is 53.2 Å². The normalized spacial score (nSPS) is 14.8. The van der Waals surface area contributed by atoms with Crippen LogP contribution in [0.5, 0.6) is 0 Å². The lowest BCUT2D eigenvalue weighted by molar-refractivity contribution is -0.133. The second-order valence-corrected chi connectivity index (χ2v) is 26.8. The molecule has 87 heavy (non-hydrogen) atoms. The number of nitrogens with two attached hydrogens (primary N) is 1. The van der Waals surface area contributed by atoms with Crippen molar-refractivity contribution in [3.05, 3.63) is 0 Å². The smallest absolute Gasteiger partial charge is 0.243 e. The highest BCUT2D eigenvalue weighted by molar-refractivity contribution is 5.92. The summed E-state index contributed by atoms with van der Waals surface area (Å²) in [6.07, 6.45) is 17.1. The fourth-order valence-corrected chi connectivity index (χ4v) is 10.0. The molecule has 12 N–H and O–H groups in total. The molecule has 0 fully saturated rings. The van der Waals surface area contributed by atoms with Gasteiger partial charge < -0.3 is 68.4 Å². The summed E-state index contributed by atoms with van der Waals surface area (Å²) in [6.45, 7) is 30.2. The van der Waals surface area contributed by atoms with Gasteiger partial charge in [0.05, 0.1) is 24.4 Å². The summed E-state index contributed by atoms with van der Waals surface area (Å²) >= 11 is 0. The molecular formula is C67H133N11O9. The molecule has 20 nitrogen and oxygen atoms in total. The Morgan fingerprint density at radius 1 is 0.391 bits per heavy atom. The zero-order valence-electron chi connectivity index (χ0n) is 57.9. The first-order valence-corrected chi connectivity index (χ1v) is 34.2. The zero-order valence-corrected chi connectivity index (χ0v) is 57.9. The molecule has 0 aliphatic rings. The molecule has 0 aliphatic carbocycles. The van der Waals surface area contributed by atoms with Gasteiger partial charge in [-0.05, 0) is 215 Å². The van der Waals surface area contributed by atoms with Crippen LogP contribution in [0.3, 0.4) is 0 Å². The van der Waals surface area contributed by atoms with Gasteiger partial charge in [-0.15, -0.1) is 0 Å². The Hall–Kier alpha value is -3.95. The van der Waals surface area contributed by atoms with Gasteiger partial charge in [-0.2, -0.15) is 0 Å². The van der Waals surface area contributed by atoms with Crippen LogP contribution in [-0.4, -0.2) is 157 Å². The van der Waals surface area contributed by atoms with E-state index in [9.17, 15) is 33.6 Å². The molecular weight excluding hydrogens is 1100 g/mol. The number of unbranched alkanes of at least 4 members (excludes halogenated alkanes) is 6. The maximum Gasteiger partial charge on any atom is 0.243 e. The van der Waals surface area contributed by atoms with Crippen LogP contribution in [0.2, 0.25) is 0 Å². The highest BCUT2D eigenvalue weighted by atomic mass is 16.5.